The van der Waals surface area contributed by atoms with E-state index in [2.05, 4.69) is 19.1 Å². The first-order valence-electron chi connectivity index (χ1n) is 7.14. The molecule has 0 fully saturated rings. The van der Waals surface area contributed by atoms with Gasteiger partial charge < -0.3 is 10.6 Å². The van der Waals surface area contributed by atoms with Crippen LogP contribution in [0.1, 0.15) is 29.5 Å². The van der Waals surface area contributed by atoms with Crippen molar-refractivity contribution in [3.63, 3.8) is 0 Å². The molecule has 0 aliphatic heterocycles. The van der Waals surface area contributed by atoms with Crippen LogP contribution < -0.4 is 5.73 Å². The lowest BCUT2D eigenvalue weighted by molar-refractivity contribution is -0.131. The Bertz CT molecular complexity index is 637. The minimum absolute atomic E-state index is 0.101. The van der Waals surface area contributed by atoms with Gasteiger partial charge in [0, 0.05) is 19.3 Å². The van der Waals surface area contributed by atoms with Crippen molar-refractivity contribution in [2.24, 2.45) is 0 Å². The van der Waals surface area contributed by atoms with Crippen LogP contribution in [0.3, 0.4) is 0 Å². The molecule has 0 aliphatic rings. The van der Waals surface area contributed by atoms with Gasteiger partial charge in [-0.3, -0.25) is 4.79 Å². The number of carbonyl (C=O) groups excluding carboxylic acids is 1. The Morgan fingerprint density at radius 1 is 1.19 bits per heavy atom. The van der Waals surface area contributed by atoms with Crippen molar-refractivity contribution in [3.8, 4) is 0 Å². The number of amides is 1. The van der Waals surface area contributed by atoms with Crippen molar-refractivity contribution in [2.45, 2.75) is 26.3 Å². The van der Waals surface area contributed by atoms with Crippen LogP contribution in [-0.2, 0) is 11.3 Å². The van der Waals surface area contributed by atoms with E-state index < -0.39 is 0 Å². The maximum Gasteiger partial charge on any atom is 0.229 e. The highest BCUT2D eigenvalue weighted by molar-refractivity contribution is 5.83. The molecule has 1 amide bonds. The number of nitrogens with zero attached hydrogens (tertiary/aromatic N) is 1. The Balaban J connectivity index is 2.10. The molecule has 110 valence electrons. The molecule has 0 radical (unpaired) electrons. The normalized spacial score (nSPS) is 12.0. The van der Waals surface area contributed by atoms with Crippen LogP contribution in [0.4, 0.5) is 5.69 Å². The highest BCUT2D eigenvalue weighted by Crippen LogP contribution is 2.21. The molecule has 0 saturated heterocycles. The van der Waals surface area contributed by atoms with E-state index >= 15 is 0 Å². The number of carbonyl (C=O) groups is 1. The standard InChI is InChI=1S/C18H22N2O/c1-13-7-4-5-8-16(13)12-20(3)18(21)14(2)15-9-6-10-17(19)11-15/h4-11,14H,12,19H2,1-3H3. The van der Waals surface area contributed by atoms with Gasteiger partial charge in [0.05, 0.1) is 5.92 Å². The first-order chi connectivity index (χ1) is 9.99. The van der Waals surface area contributed by atoms with Gasteiger partial charge in [0.25, 0.3) is 0 Å². The summed E-state index contributed by atoms with van der Waals surface area (Å²) in [4.78, 5) is 14.3. The summed E-state index contributed by atoms with van der Waals surface area (Å²) in [5.74, 6) is -0.0913. The molecule has 1 atom stereocenters. The first kappa shape index (κ1) is 15.1. The molecule has 3 heteroatoms. The van der Waals surface area contributed by atoms with Crippen molar-refractivity contribution in [1.29, 1.82) is 0 Å². The van der Waals surface area contributed by atoms with E-state index in [9.17, 15) is 4.79 Å². The van der Waals surface area contributed by atoms with E-state index in [4.69, 9.17) is 5.73 Å². The first-order valence-corrected chi connectivity index (χ1v) is 7.14. The van der Waals surface area contributed by atoms with Crippen LogP contribution >= 0.6 is 0 Å². The van der Waals surface area contributed by atoms with Gasteiger partial charge in [0.1, 0.15) is 0 Å². The number of likely N-dealkylation sites (N-methyl/N-ethyl adjacent to an activating group) is 1. The average molecular weight is 282 g/mol. The maximum atomic E-state index is 12.6. The van der Waals surface area contributed by atoms with E-state index in [1.165, 1.54) is 11.1 Å². The molecule has 2 aromatic rings. The van der Waals surface area contributed by atoms with Crippen molar-refractivity contribution < 1.29 is 4.79 Å². The van der Waals surface area contributed by atoms with Gasteiger partial charge in [-0.25, -0.2) is 0 Å². The maximum absolute atomic E-state index is 12.6. The van der Waals surface area contributed by atoms with Crippen LogP contribution in [0.15, 0.2) is 48.5 Å². The van der Waals surface area contributed by atoms with Crippen LogP contribution in [0.2, 0.25) is 0 Å². The Kier molecular flexibility index (Phi) is 4.63. The Morgan fingerprint density at radius 3 is 2.57 bits per heavy atom. The van der Waals surface area contributed by atoms with Gasteiger partial charge in [-0.15, -0.1) is 0 Å². The number of nitrogens with two attached hydrogens (primary N) is 1. The number of benzene rings is 2. The van der Waals surface area contributed by atoms with Crippen LogP contribution in [-0.4, -0.2) is 17.9 Å². The SMILES string of the molecule is Cc1ccccc1CN(C)C(=O)C(C)c1cccc(N)c1. The lowest BCUT2D eigenvalue weighted by atomic mass is 9.99. The Hall–Kier alpha value is -2.29. The van der Waals surface area contributed by atoms with Crippen LogP contribution in [0, 0.1) is 6.92 Å². The van der Waals surface area contributed by atoms with Crippen molar-refractivity contribution in [1.82, 2.24) is 4.90 Å². The van der Waals surface area contributed by atoms with Gasteiger partial charge >= 0.3 is 0 Å². The topological polar surface area (TPSA) is 46.3 Å². The summed E-state index contributed by atoms with van der Waals surface area (Å²) in [6, 6.07) is 15.7. The summed E-state index contributed by atoms with van der Waals surface area (Å²) in [5, 5.41) is 0. The fraction of sp³-hybridized carbons (Fsp3) is 0.278. The fourth-order valence-electron chi connectivity index (χ4n) is 2.42. The molecular formula is C18H22N2O. The minimum Gasteiger partial charge on any atom is -0.399 e. The third-order valence-corrected chi connectivity index (χ3v) is 3.83. The molecule has 21 heavy (non-hydrogen) atoms. The Labute approximate surface area is 126 Å². The van der Waals surface area contributed by atoms with E-state index in [1.807, 2.05) is 50.4 Å². The second kappa shape index (κ2) is 6.44. The third kappa shape index (κ3) is 3.63. The summed E-state index contributed by atoms with van der Waals surface area (Å²) in [7, 11) is 1.84. The second-order valence-electron chi connectivity index (χ2n) is 5.51. The number of hydrogen-bond donors (Lipinski definition) is 1. The zero-order valence-electron chi connectivity index (χ0n) is 12.8. The molecule has 2 rings (SSSR count). The summed E-state index contributed by atoms with van der Waals surface area (Å²) in [6.07, 6.45) is 0. The summed E-state index contributed by atoms with van der Waals surface area (Å²) in [6.45, 7) is 4.61. The number of rotatable bonds is 4. The molecular weight excluding hydrogens is 260 g/mol. The lowest BCUT2D eigenvalue weighted by Gasteiger charge is -2.22. The summed E-state index contributed by atoms with van der Waals surface area (Å²) >= 11 is 0. The molecule has 0 bridgehead atoms. The molecule has 0 aliphatic carbocycles. The smallest absolute Gasteiger partial charge is 0.229 e. The number of hydrogen-bond acceptors (Lipinski definition) is 2. The van der Waals surface area contributed by atoms with Crippen molar-refractivity contribution in [3.05, 3.63) is 65.2 Å². The van der Waals surface area contributed by atoms with Gasteiger partial charge in [0.2, 0.25) is 5.91 Å². The van der Waals surface area contributed by atoms with Gasteiger partial charge in [-0.2, -0.15) is 0 Å². The largest absolute Gasteiger partial charge is 0.399 e. The van der Waals surface area contributed by atoms with E-state index in [0.717, 1.165) is 5.56 Å². The zero-order chi connectivity index (χ0) is 15.4. The molecule has 0 aromatic heterocycles. The van der Waals surface area contributed by atoms with E-state index in [1.54, 1.807) is 4.90 Å². The monoisotopic (exact) mass is 282 g/mol. The second-order valence-corrected chi connectivity index (χ2v) is 5.51. The molecule has 0 saturated carbocycles. The Morgan fingerprint density at radius 2 is 1.90 bits per heavy atom. The van der Waals surface area contributed by atoms with Crippen molar-refractivity contribution in [2.75, 3.05) is 12.8 Å². The number of anilines is 1. The highest BCUT2D eigenvalue weighted by atomic mass is 16.2. The molecule has 1 unspecified atom stereocenters. The van der Waals surface area contributed by atoms with Gasteiger partial charge in [-0.05, 0) is 42.7 Å². The van der Waals surface area contributed by atoms with Crippen LogP contribution in [0.25, 0.3) is 0 Å². The average Bonchev–Trinajstić information content (AvgIpc) is 2.48. The van der Waals surface area contributed by atoms with Gasteiger partial charge in [0.15, 0.2) is 0 Å². The number of nitrogen functional groups attached to an aromatic ring is 1. The number of aryl methyl sites for hydroxylation is 1. The fourth-order valence-corrected chi connectivity index (χ4v) is 2.42. The molecule has 2 N–H and O–H groups in total. The molecule has 0 heterocycles. The van der Waals surface area contributed by atoms with E-state index in [0.29, 0.717) is 12.2 Å². The molecule has 2 aromatic carbocycles. The summed E-state index contributed by atoms with van der Waals surface area (Å²) in [5.41, 5.74) is 9.81. The van der Waals surface area contributed by atoms with E-state index in [-0.39, 0.29) is 11.8 Å². The molecule has 3 nitrogen and oxygen atoms in total. The zero-order valence-corrected chi connectivity index (χ0v) is 12.8. The quantitative estimate of drug-likeness (QED) is 0.874. The van der Waals surface area contributed by atoms with Crippen LogP contribution in [0.5, 0.6) is 0 Å². The predicted octanol–water partition coefficient (Wildman–Crippen LogP) is 3.34. The minimum atomic E-state index is -0.192. The lowest BCUT2D eigenvalue weighted by Crippen LogP contribution is -2.30. The predicted molar refractivity (Wildman–Crippen MR) is 86.9 cm³/mol. The molecule has 0 spiro atoms. The highest BCUT2D eigenvalue weighted by Gasteiger charge is 2.19. The summed E-state index contributed by atoms with van der Waals surface area (Å²) < 4.78 is 0. The van der Waals surface area contributed by atoms with Gasteiger partial charge in [-0.1, -0.05) is 36.4 Å². The van der Waals surface area contributed by atoms with Crippen molar-refractivity contribution >= 4 is 11.6 Å². The third-order valence-electron chi connectivity index (χ3n) is 3.83.